The molecule has 0 aromatic carbocycles. The average molecular weight is 227 g/mol. The zero-order valence-electron chi connectivity index (χ0n) is 10.2. The lowest BCUT2D eigenvalue weighted by atomic mass is 10.1. The zero-order valence-corrected chi connectivity index (χ0v) is 10.2. The molecule has 0 radical (unpaired) electrons. The van der Waals surface area contributed by atoms with Crippen molar-refractivity contribution in [3.63, 3.8) is 0 Å². The second kappa shape index (κ2) is 5.43. The van der Waals surface area contributed by atoms with Crippen LogP contribution in [0.25, 0.3) is 11.1 Å². The minimum absolute atomic E-state index is 0.622. The van der Waals surface area contributed by atoms with Crippen LogP contribution in [-0.4, -0.2) is 16.5 Å². The van der Waals surface area contributed by atoms with E-state index in [2.05, 4.69) is 35.2 Å². The van der Waals surface area contributed by atoms with Gasteiger partial charge in [-0.15, -0.1) is 0 Å². The van der Waals surface area contributed by atoms with Gasteiger partial charge >= 0.3 is 0 Å². The molecule has 0 atom stereocenters. The van der Waals surface area contributed by atoms with E-state index < -0.39 is 0 Å². The van der Waals surface area contributed by atoms with E-state index in [-0.39, 0.29) is 0 Å². The van der Waals surface area contributed by atoms with E-state index in [1.165, 1.54) is 0 Å². The van der Waals surface area contributed by atoms with Crippen LogP contribution in [0.3, 0.4) is 0 Å². The molecule has 88 valence electrons. The van der Waals surface area contributed by atoms with Gasteiger partial charge in [-0.2, -0.15) is 0 Å². The third-order valence-electron chi connectivity index (χ3n) is 2.47. The molecular formula is C14H17N3. The van der Waals surface area contributed by atoms with E-state index in [4.69, 9.17) is 0 Å². The van der Waals surface area contributed by atoms with Gasteiger partial charge in [0.15, 0.2) is 0 Å². The molecule has 0 aliphatic carbocycles. The minimum atomic E-state index is 0.622. The van der Waals surface area contributed by atoms with Crippen molar-refractivity contribution in [2.45, 2.75) is 13.8 Å². The maximum absolute atomic E-state index is 4.40. The highest BCUT2D eigenvalue weighted by Gasteiger charge is 1.99. The van der Waals surface area contributed by atoms with Crippen molar-refractivity contribution in [2.24, 2.45) is 5.92 Å². The molecule has 0 bridgehead atoms. The molecular weight excluding hydrogens is 210 g/mol. The molecule has 0 unspecified atom stereocenters. The van der Waals surface area contributed by atoms with E-state index >= 15 is 0 Å². The summed E-state index contributed by atoms with van der Waals surface area (Å²) < 4.78 is 0. The Labute approximate surface area is 102 Å². The molecule has 2 aromatic heterocycles. The fourth-order valence-corrected chi connectivity index (χ4v) is 1.52. The van der Waals surface area contributed by atoms with Gasteiger partial charge in [-0.1, -0.05) is 13.8 Å². The average Bonchev–Trinajstić information content (AvgIpc) is 2.38. The summed E-state index contributed by atoms with van der Waals surface area (Å²) in [5, 5.41) is 3.30. The number of hydrogen-bond acceptors (Lipinski definition) is 3. The van der Waals surface area contributed by atoms with Gasteiger partial charge in [0.1, 0.15) is 5.82 Å². The highest BCUT2D eigenvalue weighted by Crippen LogP contribution is 2.18. The van der Waals surface area contributed by atoms with E-state index in [1.807, 2.05) is 24.4 Å². The maximum Gasteiger partial charge on any atom is 0.125 e. The number of rotatable bonds is 4. The van der Waals surface area contributed by atoms with Gasteiger partial charge in [0.25, 0.3) is 0 Å². The van der Waals surface area contributed by atoms with Crippen molar-refractivity contribution in [1.82, 2.24) is 9.97 Å². The monoisotopic (exact) mass is 227 g/mol. The summed E-state index contributed by atoms with van der Waals surface area (Å²) in [6, 6.07) is 8.06. The molecule has 1 N–H and O–H groups in total. The summed E-state index contributed by atoms with van der Waals surface area (Å²) in [6.45, 7) is 5.30. The van der Waals surface area contributed by atoms with Crippen LogP contribution in [0.4, 0.5) is 5.82 Å². The van der Waals surface area contributed by atoms with Gasteiger partial charge in [0.2, 0.25) is 0 Å². The van der Waals surface area contributed by atoms with Crippen molar-refractivity contribution < 1.29 is 0 Å². The van der Waals surface area contributed by atoms with Crippen molar-refractivity contribution in [1.29, 1.82) is 0 Å². The molecule has 0 spiro atoms. The Morgan fingerprint density at radius 2 is 1.82 bits per heavy atom. The van der Waals surface area contributed by atoms with E-state index in [9.17, 15) is 0 Å². The van der Waals surface area contributed by atoms with Crippen LogP contribution in [0.5, 0.6) is 0 Å². The van der Waals surface area contributed by atoms with Gasteiger partial charge in [0, 0.05) is 30.7 Å². The van der Waals surface area contributed by atoms with Gasteiger partial charge in [-0.25, -0.2) is 4.98 Å². The second-order valence-electron chi connectivity index (χ2n) is 4.44. The number of aromatic nitrogens is 2. The molecule has 2 rings (SSSR count). The first-order chi connectivity index (χ1) is 8.25. The number of nitrogens with zero attached hydrogens (tertiary/aromatic N) is 2. The number of pyridine rings is 2. The van der Waals surface area contributed by atoms with E-state index in [0.29, 0.717) is 5.92 Å². The van der Waals surface area contributed by atoms with Crippen LogP contribution in [0, 0.1) is 5.92 Å². The molecule has 0 aliphatic rings. The Balaban J connectivity index is 2.08. The molecule has 2 aromatic rings. The van der Waals surface area contributed by atoms with Gasteiger partial charge in [-0.05, 0) is 35.7 Å². The van der Waals surface area contributed by atoms with Crippen LogP contribution in [0.2, 0.25) is 0 Å². The first-order valence-corrected chi connectivity index (χ1v) is 5.86. The Bertz CT molecular complexity index is 449. The second-order valence-corrected chi connectivity index (χ2v) is 4.44. The van der Waals surface area contributed by atoms with Crippen LogP contribution in [0.15, 0.2) is 42.9 Å². The first kappa shape index (κ1) is 11.6. The summed E-state index contributed by atoms with van der Waals surface area (Å²) in [7, 11) is 0. The Hall–Kier alpha value is -1.90. The molecule has 3 heteroatoms. The first-order valence-electron chi connectivity index (χ1n) is 5.86. The molecule has 17 heavy (non-hydrogen) atoms. The minimum Gasteiger partial charge on any atom is -0.370 e. The molecule has 0 aliphatic heterocycles. The van der Waals surface area contributed by atoms with E-state index in [1.54, 1.807) is 12.4 Å². The summed E-state index contributed by atoms with van der Waals surface area (Å²) >= 11 is 0. The number of nitrogens with one attached hydrogen (secondary N) is 1. The lowest BCUT2D eigenvalue weighted by Gasteiger charge is -2.08. The largest absolute Gasteiger partial charge is 0.370 e. The summed E-state index contributed by atoms with van der Waals surface area (Å²) in [5.41, 5.74) is 2.26. The molecule has 2 heterocycles. The summed E-state index contributed by atoms with van der Waals surface area (Å²) in [4.78, 5) is 8.40. The van der Waals surface area contributed by atoms with Crippen molar-refractivity contribution in [2.75, 3.05) is 11.9 Å². The normalized spacial score (nSPS) is 10.5. The molecule has 3 nitrogen and oxygen atoms in total. The van der Waals surface area contributed by atoms with Crippen LogP contribution in [0.1, 0.15) is 13.8 Å². The standard InChI is InChI=1S/C14H17N3/c1-11(2)9-16-14-4-3-13(10-17-14)12-5-7-15-8-6-12/h3-8,10-11H,9H2,1-2H3,(H,16,17). The topological polar surface area (TPSA) is 37.8 Å². The van der Waals surface area contributed by atoms with Crippen LogP contribution in [-0.2, 0) is 0 Å². The molecule has 0 saturated carbocycles. The maximum atomic E-state index is 4.40. The SMILES string of the molecule is CC(C)CNc1ccc(-c2ccncc2)cn1. The van der Waals surface area contributed by atoms with Crippen molar-refractivity contribution in [3.05, 3.63) is 42.9 Å². The van der Waals surface area contributed by atoms with Crippen molar-refractivity contribution >= 4 is 5.82 Å². The Kier molecular flexibility index (Phi) is 3.70. The predicted octanol–water partition coefficient (Wildman–Crippen LogP) is 3.21. The third-order valence-corrected chi connectivity index (χ3v) is 2.47. The highest BCUT2D eigenvalue weighted by atomic mass is 15.0. The van der Waals surface area contributed by atoms with Crippen molar-refractivity contribution in [3.8, 4) is 11.1 Å². The summed E-state index contributed by atoms with van der Waals surface area (Å²) in [6.07, 6.45) is 5.47. The Morgan fingerprint density at radius 3 is 2.41 bits per heavy atom. The third kappa shape index (κ3) is 3.28. The zero-order chi connectivity index (χ0) is 12.1. The number of hydrogen-bond donors (Lipinski definition) is 1. The predicted molar refractivity (Wildman–Crippen MR) is 70.8 cm³/mol. The van der Waals surface area contributed by atoms with Gasteiger partial charge in [-0.3, -0.25) is 4.98 Å². The van der Waals surface area contributed by atoms with Gasteiger partial charge in [0.05, 0.1) is 0 Å². The van der Waals surface area contributed by atoms with Crippen LogP contribution < -0.4 is 5.32 Å². The quantitative estimate of drug-likeness (QED) is 0.871. The van der Waals surface area contributed by atoms with E-state index in [0.717, 1.165) is 23.5 Å². The highest BCUT2D eigenvalue weighted by molar-refractivity contribution is 5.62. The molecule has 0 fully saturated rings. The number of anilines is 1. The van der Waals surface area contributed by atoms with Crippen LogP contribution >= 0.6 is 0 Å². The Morgan fingerprint density at radius 1 is 1.06 bits per heavy atom. The van der Waals surface area contributed by atoms with Gasteiger partial charge < -0.3 is 5.32 Å². The smallest absolute Gasteiger partial charge is 0.125 e. The molecule has 0 saturated heterocycles. The summed E-state index contributed by atoms with van der Waals surface area (Å²) in [5.74, 6) is 1.55. The lowest BCUT2D eigenvalue weighted by Crippen LogP contribution is -2.08. The fourth-order valence-electron chi connectivity index (χ4n) is 1.52. The molecule has 0 amide bonds. The fraction of sp³-hybridized carbons (Fsp3) is 0.286. The lowest BCUT2D eigenvalue weighted by molar-refractivity contribution is 0.687.